The van der Waals surface area contributed by atoms with Crippen molar-refractivity contribution in [2.45, 2.75) is 55.4 Å². The van der Waals surface area contributed by atoms with Crippen LogP contribution in [0.15, 0.2) is 365 Å². The van der Waals surface area contributed by atoms with Gasteiger partial charge in [-0.25, -0.2) is 64.4 Å². The van der Waals surface area contributed by atoms with E-state index in [1.165, 1.54) is 97.7 Å². The average Bonchev–Trinajstić information content (AvgIpc) is 1.60. The molecule has 12 nitrogen and oxygen atoms in total. The summed E-state index contributed by atoms with van der Waals surface area (Å²) < 4.78 is 8.88. The van der Waals surface area contributed by atoms with Gasteiger partial charge in [0.2, 0.25) is 0 Å². The van der Waals surface area contributed by atoms with Gasteiger partial charge in [-0.15, -0.1) is 69.7 Å². The van der Waals surface area contributed by atoms with E-state index in [9.17, 15) is 0 Å². The number of para-hydroxylation sites is 4. The van der Waals surface area contributed by atoms with E-state index in [2.05, 4.69) is 442 Å². The quantitative estimate of drug-likeness (QED) is 0.0692. The zero-order valence-corrected chi connectivity index (χ0v) is 93.7. The van der Waals surface area contributed by atoms with Gasteiger partial charge in [0.05, 0.1) is 21.7 Å². The second kappa shape index (κ2) is 45.4. The van der Waals surface area contributed by atoms with Crippen LogP contribution < -0.4 is 43.0 Å². The first kappa shape index (κ1) is 103. The van der Waals surface area contributed by atoms with Crippen LogP contribution in [0.4, 0.5) is 0 Å². The maximum absolute atomic E-state index is 4.92. The van der Waals surface area contributed by atoms with Gasteiger partial charge in [0.1, 0.15) is 23.3 Å². The second-order valence-corrected chi connectivity index (χ2v) is 43.6. The molecule has 0 fully saturated rings. The number of benzene rings is 12. The van der Waals surface area contributed by atoms with Gasteiger partial charge in [-0.1, -0.05) is 119 Å². The predicted molar refractivity (Wildman–Crippen MR) is 590 cm³/mol. The fourth-order valence-corrected chi connectivity index (χ4v) is 23.9. The van der Waals surface area contributed by atoms with Crippen molar-refractivity contribution in [3.63, 3.8) is 0 Å². The smallest absolute Gasteiger partial charge is 0.314 e. The van der Waals surface area contributed by atoms with Crippen LogP contribution in [0.2, 0.25) is 0 Å². The Balaban J connectivity index is 0.000000130. The van der Waals surface area contributed by atoms with Crippen LogP contribution in [-0.4, -0.2) is 84.8 Å². The maximum atomic E-state index is 4.92. The predicted octanol–water partition coefficient (Wildman–Crippen LogP) is 26.1. The number of fused-ring (bicyclic) bond motifs is 12. The fraction of sp³-hybridized carbons (Fsp3) is 0.0968. The van der Waals surface area contributed by atoms with Crippen molar-refractivity contribution in [1.29, 1.82) is 0 Å². The largest absolute Gasteiger partial charge is 2.00 e. The third kappa shape index (κ3) is 21.4. The monoisotopic (exact) mass is 2660 g/mol. The molecule has 12 aromatic carbocycles. The van der Waals surface area contributed by atoms with Crippen molar-refractivity contribution >= 4 is 162 Å². The van der Waals surface area contributed by atoms with Gasteiger partial charge in [-0.3, -0.25) is 19.9 Å². The summed E-state index contributed by atoms with van der Waals surface area (Å²) in [7, 11) is -2.33. The molecule has 712 valence electrons. The van der Waals surface area contributed by atoms with Crippen molar-refractivity contribution in [2.24, 2.45) is 0 Å². The molecule has 12 aromatic heterocycles. The molecule has 0 aliphatic rings. The standard InChI is InChI=1S/4C31H24N3P.4Pt/c1-21-16-17-32-30(18-21)34-28-12-5-4-11-26(28)27-15-14-24(20-29(27)34)23-9-7-10-25(19-23)35(3)31-13-6-8-22(2)33-31;1-21-14-17-30(33-22(21)2)34-28-12-5-4-11-26(28)27-16-15-24(20-29(27)34)23-9-8-10-25(19-23)35(3)31-13-6-7-18-32-31;1-21-15-16-32-30(17-21)34-28-10-5-4-9-26(28)27-13-12-24(19-29(27)34)23-7-6-8-25(18-23)35(3)31-14-11-22(2)20-33-31;1-21-13-15-32-30(17-21)34-28-10-5-4-9-26(28)27-12-11-24(20-29(27)34)23-7-6-8-25(19-23)35(3)31-18-22(2)14-16-33-31;;;;/h2*4-18H,1-3H3;4-17,20H,1-3H3;4-18H,1-3H3;;;;/q4*-2;4*+2. The molecule has 24 rings (SSSR count). The molecular weight excluding hydrogens is 2560 g/mol. The minimum atomic E-state index is -0.586. The Morgan fingerprint density at radius 2 is 0.535 bits per heavy atom. The molecule has 0 spiro atoms. The van der Waals surface area contributed by atoms with Crippen molar-refractivity contribution in [1.82, 2.24) is 58.1 Å². The zero-order chi connectivity index (χ0) is 95.8. The van der Waals surface area contributed by atoms with Crippen molar-refractivity contribution in [3.05, 3.63) is 458 Å². The van der Waals surface area contributed by atoms with E-state index in [1.54, 1.807) is 0 Å². The second-order valence-electron chi connectivity index (χ2n) is 35.3. The van der Waals surface area contributed by atoms with Crippen LogP contribution in [-0.2, 0) is 84.3 Å². The molecule has 20 heteroatoms. The van der Waals surface area contributed by atoms with E-state index in [0.29, 0.717) is 0 Å². The van der Waals surface area contributed by atoms with Gasteiger partial charge in [0.15, 0.2) is 0 Å². The molecule has 0 saturated heterocycles. The molecule has 24 aromatic rings. The summed E-state index contributed by atoms with van der Waals surface area (Å²) in [5.41, 5.74) is 30.6. The summed E-state index contributed by atoms with van der Waals surface area (Å²) in [4.78, 5) is 37.6. The van der Waals surface area contributed by atoms with Crippen LogP contribution in [0.1, 0.15) is 44.8 Å². The van der Waals surface area contributed by atoms with Crippen molar-refractivity contribution in [3.8, 4) is 67.8 Å². The molecule has 4 unspecified atom stereocenters. The number of hydrogen-bond acceptors (Lipinski definition) is 8. The first-order chi connectivity index (χ1) is 68.3. The Morgan fingerprint density at radius 1 is 0.215 bits per heavy atom. The first-order valence-corrected chi connectivity index (χ1v) is 53.8. The van der Waals surface area contributed by atoms with Crippen LogP contribution in [0.25, 0.3) is 155 Å². The summed E-state index contributed by atoms with van der Waals surface area (Å²) in [5, 5.41) is 14.2. The van der Waals surface area contributed by atoms with Gasteiger partial charge >= 0.3 is 84.3 Å². The molecule has 4 atom stereocenters. The summed E-state index contributed by atoms with van der Waals surface area (Å²) in [6.45, 7) is 25.7. The molecule has 12 heterocycles. The van der Waals surface area contributed by atoms with Crippen LogP contribution in [0.5, 0.6) is 0 Å². The van der Waals surface area contributed by atoms with Crippen LogP contribution in [0, 0.1) is 104 Å². The Labute approximate surface area is 903 Å². The molecule has 144 heavy (non-hydrogen) atoms. The number of aryl methyl sites for hydroxylation is 8. The molecule has 0 bridgehead atoms. The number of hydrogen-bond donors (Lipinski definition) is 0. The Bertz CT molecular complexity index is 8570. The molecular formula is C124H96N12P4Pt4. The normalized spacial score (nSPS) is 12.0. The van der Waals surface area contributed by atoms with E-state index >= 15 is 0 Å². The fourth-order valence-electron chi connectivity index (χ4n) is 18.2. The number of rotatable bonds is 16. The molecule has 0 saturated carbocycles. The van der Waals surface area contributed by atoms with Gasteiger partial charge in [-0.05, 0) is 300 Å². The van der Waals surface area contributed by atoms with E-state index in [0.717, 1.165) is 145 Å². The van der Waals surface area contributed by atoms with E-state index in [-0.39, 0.29) is 84.3 Å². The first-order valence-electron chi connectivity index (χ1n) is 46.7. The summed E-state index contributed by atoms with van der Waals surface area (Å²) >= 11 is 0. The summed E-state index contributed by atoms with van der Waals surface area (Å²) in [5.74, 6) is 3.64. The van der Waals surface area contributed by atoms with Gasteiger partial charge < -0.3 is 18.3 Å². The SMILES string of the molecule is Cc1ccc(-n2c3[c-]c(-c4[c-]c(P(C)c5ccccn5)ccc4)ccc3c3ccccc32)nc1C.Cc1ccc(P(C)c2[c-]c(-c3[c-]c4c(cc3)c3ccccc3n4-c3cc(C)ccn3)ccc2)nc1.Cc1ccnc(-n2c3[c-]c(-c4[c-]c(P(C)c5cc(C)ccn5)ccc4)ccc3c3ccccc32)c1.Cc1ccnc(-n2c3[c-]c(-c4[c-]c(P(C)c5cccc(C)n5)ccc4)ccc3c3ccccc32)c1.[Pt+2].[Pt+2].[Pt+2].[Pt+2]. The van der Waals surface area contributed by atoms with Gasteiger partial charge in [0, 0.05) is 70.6 Å². The van der Waals surface area contributed by atoms with E-state index in [1.807, 2.05) is 86.6 Å². The van der Waals surface area contributed by atoms with Crippen molar-refractivity contribution in [2.75, 3.05) is 26.7 Å². The minimum absolute atomic E-state index is 0. The van der Waals surface area contributed by atoms with Crippen molar-refractivity contribution < 1.29 is 84.3 Å². The third-order valence-corrected chi connectivity index (χ3v) is 33.4. The third-order valence-electron chi connectivity index (χ3n) is 25.7. The molecule has 0 amide bonds. The van der Waals surface area contributed by atoms with Gasteiger partial charge in [0.25, 0.3) is 0 Å². The Hall–Kier alpha value is -12.5. The number of pyridine rings is 8. The van der Waals surface area contributed by atoms with E-state index < -0.39 is 31.7 Å². The Kier molecular flexibility index (Phi) is 32.5. The number of nitrogens with zero attached hydrogens (tertiary/aromatic N) is 12. The van der Waals surface area contributed by atoms with Crippen LogP contribution >= 0.6 is 31.7 Å². The molecule has 0 radical (unpaired) electrons. The molecule has 0 aliphatic heterocycles. The summed E-state index contributed by atoms with van der Waals surface area (Å²) in [6.07, 6.45) is 11.3. The Morgan fingerprint density at radius 3 is 0.882 bits per heavy atom. The zero-order valence-electron chi connectivity index (χ0n) is 81.1. The van der Waals surface area contributed by atoms with Gasteiger partial charge in [-0.2, -0.15) is 121 Å². The minimum Gasteiger partial charge on any atom is -0.314 e. The molecule has 0 aliphatic carbocycles. The molecule has 0 N–H and O–H groups in total. The topological polar surface area (TPSA) is 123 Å². The average molecular weight is 2660 g/mol. The maximum Gasteiger partial charge on any atom is 2.00 e. The summed E-state index contributed by atoms with van der Waals surface area (Å²) in [6, 6.07) is 144. The van der Waals surface area contributed by atoms with E-state index in [4.69, 9.17) is 24.9 Å². The van der Waals surface area contributed by atoms with Crippen LogP contribution in [0.3, 0.4) is 0 Å². The number of aromatic nitrogens is 12.